The lowest BCUT2D eigenvalue weighted by atomic mass is 10.1. The molecule has 1 aromatic heterocycles. The zero-order valence-corrected chi connectivity index (χ0v) is 8.38. The van der Waals surface area contributed by atoms with E-state index in [9.17, 15) is 9.18 Å². The van der Waals surface area contributed by atoms with E-state index in [1.807, 2.05) is 0 Å². The zero-order valence-electron chi connectivity index (χ0n) is 8.38. The van der Waals surface area contributed by atoms with Gasteiger partial charge in [-0.3, -0.25) is 0 Å². The molecule has 0 spiro atoms. The van der Waals surface area contributed by atoms with Gasteiger partial charge in [-0.2, -0.15) is 0 Å². The fraction of sp³-hybridized carbons (Fsp3) is 0.100. The topological polar surface area (TPSA) is 68.0 Å². The number of aromatic nitrogens is 3. The number of hydrogen-bond donors (Lipinski definition) is 1. The Morgan fingerprint density at radius 2 is 2.12 bits per heavy atom. The third kappa shape index (κ3) is 1.54. The van der Waals surface area contributed by atoms with Crippen molar-refractivity contribution in [3.63, 3.8) is 0 Å². The number of carboxylic acids is 1. The van der Waals surface area contributed by atoms with Crippen molar-refractivity contribution in [2.24, 2.45) is 7.05 Å². The molecule has 0 radical (unpaired) electrons. The Morgan fingerprint density at radius 3 is 2.75 bits per heavy atom. The monoisotopic (exact) mass is 221 g/mol. The van der Waals surface area contributed by atoms with Crippen LogP contribution in [0, 0.1) is 5.82 Å². The Kier molecular flexibility index (Phi) is 2.40. The molecule has 1 heterocycles. The van der Waals surface area contributed by atoms with E-state index in [1.165, 1.54) is 29.9 Å². The standard InChI is InChI=1S/C10H8FN3O2/c1-14-9(8(10(15)16)12-13-14)6-4-2-3-5-7(6)11/h2-5H,1H3,(H,15,16). The van der Waals surface area contributed by atoms with Gasteiger partial charge >= 0.3 is 5.97 Å². The van der Waals surface area contributed by atoms with E-state index >= 15 is 0 Å². The summed E-state index contributed by atoms with van der Waals surface area (Å²) in [4.78, 5) is 10.9. The number of benzene rings is 1. The van der Waals surface area contributed by atoms with E-state index < -0.39 is 11.8 Å². The normalized spacial score (nSPS) is 10.4. The quantitative estimate of drug-likeness (QED) is 0.830. The van der Waals surface area contributed by atoms with Crippen molar-refractivity contribution in [2.45, 2.75) is 0 Å². The summed E-state index contributed by atoms with van der Waals surface area (Å²) in [5.74, 6) is -1.73. The molecule has 0 aliphatic heterocycles. The highest BCUT2D eigenvalue weighted by molar-refractivity contribution is 5.92. The number of aryl methyl sites for hydroxylation is 1. The summed E-state index contributed by atoms with van der Waals surface area (Å²) in [6.45, 7) is 0. The van der Waals surface area contributed by atoms with Crippen LogP contribution in [0.3, 0.4) is 0 Å². The summed E-state index contributed by atoms with van der Waals surface area (Å²) in [5.41, 5.74) is 0.0746. The van der Waals surface area contributed by atoms with Crippen molar-refractivity contribution in [1.82, 2.24) is 15.0 Å². The van der Waals surface area contributed by atoms with Crippen LogP contribution in [0.2, 0.25) is 0 Å². The number of carbonyl (C=O) groups is 1. The Bertz CT molecular complexity index is 551. The van der Waals surface area contributed by atoms with Crippen LogP contribution in [0.15, 0.2) is 24.3 Å². The first-order chi connectivity index (χ1) is 7.61. The second kappa shape index (κ2) is 3.73. The molecule has 2 rings (SSSR count). The average Bonchev–Trinajstić information content (AvgIpc) is 2.61. The Labute approximate surface area is 90.1 Å². The molecular formula is C10H8FN3O2. The van der Waals surface area contributed by atoms with Crippen LogP contribution in [0.4, 0.5) is 4.39 Å². The van der Waals surface area contributed by atoms with E-state index in [0.29, 0.717) is 0 Å². The Morgan fingerprint density at radius 1 is 1.44 bits per heavy atom. The SMILES string of the molecule is Cn1nnc(C(=O)O)c1-c1ccccc1F. The van der Waals surface area contributed by atoms with E-state index in [1.54, 1.807) is 6.07 Å². The van der Waals surface area contributed by atoms with Crippen LogP contribution in [0.25, 0.3) is 11.3 Å². The smallest absolute Gasteiger partial charge is 0.358 e. The summed E-state index contributed by atoms with van der Waals surface area (Å²) < 4.78 is 14.8. The van der Waals surface area contributed by atoms with Crippen molar-refractivity contribution in [3.05, 3.63) is 35.8 Å². The first kappa shape index (κ1) is 10.3. The number of carboxylic acid groups (broad SMARTS) is 1. The number of halogens is 1. The van der Waals surface area contributed by atoms with Gasteiger partial charge in [0, 0.05) is 12.6 Å². The van der Waals surface area contributed by atoms with Gasteiger partial charge in [0.25, 0.3) is 0 Å². The molecule has 2 aromatic rings. The van der Waals surface area contributed by atoms with E-state index in [4.69, 9.17) is 5.11 Å². The highest BCUT2D eigenvalue weighted by atomic mass is 19.1. The predicted octanol–water partition coefficient (Wildman–Crippen LogP) is 1.32. The van der Waals surface area contributed by atoms with E-state index in [2.05, 4.69) is 10.3 Å². The molecule has 6 heteroatoms. The maximum Gasteiger partial charge on any atom is 0.358 e. The van der Waals surface area contributed by atoms with Gasteiger partial charge in [-0.15, -0.1) is 5.10 Å². The van der Waals surface area contributed by atoms with Gasteiger partial charge in [0.1, 0.15) is 11.5 Å². The highest BCUT2D eigenvalue weighted by Gasteiger charge is 2.20. The zero-order chi connectivity index (χ0) is 11.7. The number of aromatic carboxylic acids is 1. The molecule has 1 N–H and O–H groups in total. The van der Waals surface area contributed by atoms with Gasteiger partial charge in [0.05, 0.1) is 0 Å². The lowest BCUT2D eigenvalue weighted by molar-refractivity contribution is 0.0691. The van der Waals surface area contributed by atoms with Crippen LogP contribution >= 0.6 is 0 Å². The van der Waals surface area contributed by atoms with Gasteiger partial charge < -0.3 is 5.11 Å². The van der Waals surface area contributed by atoms with Gasteiger partial charge in [-0.05, 0) is 12.1 Å². The van der Waals surface area contributed by atoms with Gasteiger partial charge in [0.2, 0.25) is 0 Å². The Balaban J connectivity index is 2.68. The van der Waals surface area contributed by atoms with E-state index in [-0.39, 0.29) is 17.0 Å². The molecule has 82 valence electrons. The van der Waals surface area contributed by atoms with Crippen molar-refractivity contribution >= 4 is 5.97 Å². The molecule has 0 aliphatic carbocycles. The lowest BCUT2D eigenvalue weighted by Gasteiger charge is -2.03. The van der Waals surface area contributed by atoms with Crippen LogP contribution in [0.5, 0.6) is 0 Å². The van der Waals surface area contributed by atoms with Crippen LogP contribution < -0.4 is 0 Å². The van der Waals surface area contributed by atoms with E-state index in [0.717, 1.165) is 0 Å². The molecule has 0 saturated carbocycles. The van der Waals surface area contributed by atoms with Crippen molar-refractivity contribution in [3.8, 4) is 11.3 Å². The molecule has 1 aromatic carbocycles. The van der Waals surface area contributed by atoms with Crippen molar-refractivity contribution < 1.29 is 14.3 Å². The molecule has 16 heavy (non-hydrogen) atoms. The van der Waals surface area contributed by atoms with Gasteiger partial charge in [-0.1, -0.05) is 17.3 Å². The predicted molar refractivity (Wildman–Crippen MR) is 53.4 cm³/mol. The number of nitrogens with zero attached hydrogens (tertiary/aromatic N) is 3. The maximum atomic E-state index is 13.5. The molecule has 0 unspecified atom stereocenters. The summed E-state index contributed by atoms with van der Waals surface area (Å²) >= 11 is 0. The third-order valence-electron chi connectivity index (χ3n) is 2.16. The summed E-state index contributed by atoms with van der Waals surface area (Å²) in [7, 11) is 1.52. The molecule has 0 bridgehead atoms. The average molecular weight is 221 g/mol. The van der Waals surface area contributed by atoms with Gasteiger partial charge in [0.15, 0.2) is 5.69 Å². The fourth-order valence-electron chi connectivity index (χ4n) is 1.46. The summed E-state index contributed by atoms with van der Waals surface area (Å²) in [6, 6.07) is 5.90. The summed E-state index contributed by atoms with van der Waals surface area (Å²) in [6.07, 6.45) is 0. The number of rotatable bonds is 2. The van der Waals surface area contributed by atoms with Crippen LogP contribution in [-0.2, 0) is 7.05 Å². The molecular weight excluding hydrogens is 213 g/mol. The second-order valence-corrected chi connectivity index (χ2v) is 3.20. The molecule has 0 saturated heterocycles. The molecule has 0 fully saturated rings. The first-order valence-corrected chi connectivity index (χ1v) is 4.49. The first-order valence-electron chi connectivity index (χ1n) is 4.49. The van der Waals surface area contributed by atoms with Gasteiger partial charge in [-0.25, -0.2) is 13.9 Å². The lowest BCUT2D eigenvalue weighted by Crippen LogP contribution is -2.02. The Hall–Kier alpha value is -2.24. The molecule has 0 amide bonds. The van der Waals surface area contributed by atoms with Crippen LogP contribution in [0.1, 0.15) is 10.5 Å². The largest absolute Gasteiger partial charge is 0.476 e. The fourth-order valence-corrected chi connectivity index (χ4v) is 1.46. The highest BCUT2D eigenvalue weighted by Crippen LogP contribution is 2.24. The van der Waals surface area contributed by atoms with Crippen LogP contribution in [-0.4, -0.2) is 26.1 Å². The summed E-state index contributed by atoms with van der Waals surface area (Å²) in [5, 5.41) is 15.9. The van der Waals surface area contributed by atoms with Crippen molar-refractivity contribution in [2.75, 3.05) is 0 Å². The second-order valence-electron chi connectivity index (χ2n) is 3.20. The number of hydrogen-bond acceptors (Lipinski definition) is 3. The van der Waals surface area contributed by atoms with Crippen molar-refractivity contribution in [1.29, 1.82) is 0 Å². The third-order valence-corrected chi connectivity index (χ3v) is 2.16. The molecule has 0 aliphatic rings. The maximum absolute atomic E-state index is 13.5. The minimum atomic E-state index is -1.23. The molecule has 5 nitrogen and oxygen atoms in total. The molecule has 0 atom stereocenters. The minimum absolute atomic E-state index is 0.158. The minimum Gasteiger partial charge on any atom is -0.476 e.